The molecule has 2 aliphatic rings. The number of urea groups is 1. The van der Waals surface area contributed by atoms with Crippen LogP contribution in [-0.4, -0.2) is 63.9 Å². The maximum atomic E-state index is 12.2. The zero-order valence-electron chi connectivity index (χ0n) is 17.4. The van der Waals surface area contributed by atoms with Crippen molar-refractivity contribution >= 4 is 28.1 Å². The number of aromatic nitrogens is 2. The quantitative estimate of drug-likeness (QED) is 0.529. The molecule has 0 bridgehead atoms. The number of carbonyl (C=O) groups is 1. The minimum Gasteiger partial charge on any atom is -0.377 e. The molecule has 0 spiro atoms. The van der Waals surface area contributed by atoms with E-state index in [1.165, 1.54) is 0 Å². The van der Waals surface area contributed by atoms with Gasteiger partial charge in [-0.3, -0.25) is 9.11 Å². The summed E-state index contributed by atoms with van der Waals surface area (Å²) in [5.41, 5.74) is 2.49. The highest BCUT2D eigenvalue weighted by Crippen LogP contribution is 2.54. The smallest absolute Gasteiger partial charge is 0.319 e. The van der Waals surface area contributed by atoms with E-state index in [1.54, 1.807) is 24.3 Å². The number of halogens is 2. The second-order valence-electron chi connectivity index (χ2n) is 7.81. The second kappa shape index (κ2) is 9.14. The molecule has 4 N–H and O–H groups in total. The van der Waals surface area contributed by atoms with E-state index in [0.717, 1.165) is 5.56 Å². The van der Waals surface area contributed by atoms with Crippen LogP contribution in [-0.2, 0) is 16.2 Å². The van der Waals surface area contributed by atoms with Crippen molar-refractivity contribution < 1.29 is 27.4 Å². The normalized spacial score (nSPS) is 20.7. The fourth-order valence-electron chi connectivity index (χ4n) is 3.74. The molecule has 9 nitrogen and oxygen atoms in total. The monoisotopic (exact) mass is 469 g/mol. The maximum absolute atomic E-state index is 12.2. The number of nitrogens with one attached hydrogen (secondary N) is 2. The van der Waals surface area contributed by atoms with Gasteiger partial charge in [0, 0.05) is 23.4 Å². The third kappa shape index (κ3) is 5.09. The summed E-state index contributed by atoms with van der Waals surface area (Å²) in [4.78, 5) is 23.1. The Morgan fingerprint density at radius 2 is 2.03 bits per heavy atom. The molecule has 0 saturated carbocycles. The van der Waals surface area contributed by atoms with Crippen molar-refractivity contribution in [2.75, 3.05) is 36.5 Å². The number of nitrogens with zero attached hydrogens (tertiary/aromatic N) is 3. The largest absolute Gasteiger partial charge is 0.377 e. The van der Waals surface area contributed by atoms with Crippen molar-refractivity contribution in [2.45, 2.75) is 30.9 Å². The molecular weight excluding hydrogens is 444 g/mol. The van der Waals surface area contributed by atoms with Crippen LogP contribution in [0.25, 0.3) is 11.4 Å². The average molecular weight is 470 g/mol. The van der Waals surface area contributed by atoms with E-state index in [2.05, 4.69) is 20.5 Å². The topological polar surface area (TPSA) is 120 Å². The van der Waals surface area contributed by atoms with Gasteiger partial charge < -0.3 is 20.3 Å². The van der Waals surface area contributed by atoms with Gasteiger partial charge in [-0.25, -0.2) is 23.5 Å². The molecular formula is C20H25F2N5O4S. The van der Waals surface area contributed by atoms with Gasteiger partial charge in [-0.15, -0.1) is 0 Å². The summed E-state index contributed by atoms with van der Waals surface area (Å²) in [5, 5.41) is 4.56. The Bertz CT molecular complexity index is 993. The van der Waals surface area contributed by atoms with Gasteiger partial charge in [0.25, 0.3) is 6.43 Å². The van der Waals surface area contributed by atoms with E-state index in [1.807, 2.05) is 6.92 Å². The van der Waals surface area contributed by atoms with Crippen LogP contribution in [0.1, 0.15) is 18.2 Å². The fourth-order valence-corrected chi connectivity index (χ4v) is 5.28. The zero-order valence-corrected chi connectivity index (χ0v) is 18.2. The van der Waals surface area contributed by atoms with Crippen molar-refractivity contribution in [3.8, 4) is 11.4 Å². The van der Waals surface area contributed by atoms with Crippen LogP contribution in [0.2, 0.25) is 0 Å². The molecule has 2 aromatic rings. The summed E-state index contributed by atoms with van der Waals surface area (Å²) in [6.45, 7) is 3.05. The zero-order chi connectivity index (χ0) is 22.9. The van der Waals surface area contributed by atoms with Gasteiger partial charge in [0.15, 0.2) is 5.82 Å². The van der Waals surface area contributed by atoms with Crippen LogP contribution in [0, 0.1) is 0 Å². The summed E-state index contributed by atoms with van der Waals surface area (Å²) in [7, 11) is -2.78. The van der Waals surface area contributed by atoms with E-state index in [4.69, 9.17) is 9.72 Å². The molecule has 1 atom stereocenters. The second-order valence-corrected chi connectivity index (χ2v) is 9.99. The van der Waals surface area contributed by atoms with E-state index < -0.39 is 29.6 Å². The Morgan fingerprint density at radius 3 is 2.72 bits per heavy atom. The number of ether oxygens (including phenoxy) is 1. The lowest BCUT2D eigenvalue weighted by atomic mass is 10.1. The van der Waals surface area contributed by atoms with Crippen LogP contribution in [0.4, 0.5) is 25.1 Å². The molecule has 2 amide bonds. The maximum Gasteiger partial charge on any atom is 0.319 e. The number of morpholine rings is 1. The molecule has 1 aromatic carbocycles. The van der Waals surface area contributed by atoms with Crippen LogP contribution >= 0.6 is 10.6 Å². The summed E-state index contributed by atoms with van der Waals surface area (Å²) >= 11 is 0. The summed E-state index contributed by atoms with van der Waals surface area (Å²) in [6, 6.07) is 6.03. The van der Waals surface area contributed by atoms with Crippen molar-refractivity contribution in [3.05, 3.63) is 35.5 Å². The average Bonchev–Trinajstić information content (AvgIpc) is 3.06. The number of benzene rings is 1. The standard InChI is InChI=1S/C20H25F2N5O4S/c1-12-9-31-7-6-27(12)19-15-10-32(29,30)11-16(15)25-18(26-19)13-2-4-14(5-3-13)24-20(28)23-8-17(21)22/h2-5,12,17,29-30H,6-11H2,1H3,(H2,23,24,28). The first kappa shape index (κ1) is 22.6. The molecule has 174 valence electrons. The predicted molar refractivity (Wildman–Crippen MR) is 118 cm³/mol. The lowest BCUT2D eigenvalue weighted by molar-refractivity contribution is 0.0984. The molecule has 0 radical (unpaired) electrons. The first-order chi connectivity index (χ1) is 15.2. The number of rotatable bonds is 5. The highest BCUT2D eigenvalue weighted by molar-refractivity contribution is 8.23. The summed E-state index contributed by atoms with van der Waals surface area (Å²) in [5.74, 6) is 1.35. The minimum absolute atomic E-state index is 0.0799. The first-order valence-corrected chi connectivity index (χ1v) is 12.0. The van der Waals surface area contributed by atoms with Gasteiger partial charge >= 0.3 is 6.03 Å². The molecule has 1 unspecified atom stereocenters. The van der Waals surface area contributed by atoms with E-state index in [0.29, 0.717) is 48.3 Å². The SMILES string of the molecule is CC1COCCN1c1nc(-c2ccc(NC(=O)NCC(F)F)cc2)nc2c1CS(O)(O)C2. The van der Waals surface area contributed by atoms with Gasteiger partial charge in [-0.05, 0) is 31.2 Å². The molecule has 1 saturated heterocycles. The third-order valence-electron chi connectivity index (χ3n) is 5.27. The molecule has 12 heteroatoms. The highest BCUT2D eigenvalue weighted by atomic mass is 32.3. The van der Waals surface area contributed by atoms with Gasteiger partial charge in [0.1, 0.15) is 5.82 Å². The Labute approximate surface area is 185 Å². The van der Waals surface area contributed by atoms with Crippen LogP contribution in [0.15, 0.2) is 24.3 Å². The van der Waals surface area contributed by atoms with Gasteiger partial charge in [0.05, 0.1) is 43.0 Å². The third-order valence-corrected chi connectivity index (χ3v) is 6.76. The molecule has 4 rings (SSSR count). The Kier molecular flexibility index (Phi) is 6.47. The fraction of sp³-hybridized carbons (Fsp3) is 0.450. The Hall–Kier alpha value is -2.54. The lowest BCUT2D eigenvalue weighted by Crippen LogP contribution is -2.44. The van der Waals surface area contributed by atoms with E-state index in [9.17, 15) is 22.7 Å². The number of fused-ring (bicyclic) bond motifs is 1. The number of alkyl halides is 2. The molecule has 1 fully saturated rings. The molecule has 1 aromatic heterocycles. The summed E-state index contributed by atoms with van der Waals surface area (Å²) < 4.78 is 50.5. The van der Waals surface area contributed by atoms with Gasteiger partial charge in [-0.2, -0.15) is 10.6 Å². The Balaban J connectivity index is 1.60. The molecule has 3 heterocycles. The Morgan fingerprint density at radius 1 is 1.28 bits per heavy atom. The number of hydrogen-bond donors (Lipinski definition) is 4. The molecule has 32 heavy (non-hydrogen) atoms. The van der Waals surface area contributed by atoms with Crippen molar-refractivity contribution in [1.29, 1.82) is 0 Å². The van der Waals surface area contributed by atoms with Crippen LogP contribution < -0.4 is 15.5 Å². The number of hydrogen-bond acceptors (Lipinski definition) is 7. The van der Waals surface area contributed by atoms with Gasteiger partial charge in [0.2, 0.25) is 0 Å². The van der Waals surface area contributed by atoms with E-state index >= 15 is 0 Å². The lowest BCUT2D eigenvalue weighted by Gasteiger charge is -2.35. The molecule has 2 aliphatic heterocycles. The number of amides is 2. The number of carbonyl (C=O) groups excluding carboxylic acids is 1. The first-order valence-electron chi connectivity index (χ1n) is 10.1. The van der Waals surface area contributed by atoms with Crippen molar-refractivity contribution in [2.24, 2.45) is 0 Å². The summed E-state index contributed by atoms with van der Waals surface area (Å²) in [6.07, 6.45) is -2.62. The minimum atomic E-state index is -2.78. The van der Waals surface area contributed by atoms with Crippen LogP contribution in [0.3, 0.4) is 0 Å². The van der Waals surface area contributed by atoms with Crippen molar-refractivity contribution in [3.63, 3.8) is 0 Å². The van der Waals surface area contributed by atoms with Crippen LogP contribution in [0.5, 0.6) is 0 Å². The van der Waals surface area contributed by atoms with Gasteiger partial charge in [-0.1, -0.05) is 0 Å². The number of anilines is 2. The molecule has 0 aliphatic carbocycles. The highest BCUT2D eigenvalue weighted by Gasteiger charge is 2.34. The predicted octanol–water partition coefficient (Wildman–Crippen LogP) is 3.52. The van der Waals surface area contributed by atoms with Crippen molar-refractivity contribution in [1.82, 2.24) is 15.3 Å². The van der Waals surface area contributed by atoms with E-state index in [-0.39, 0.29) is 17.5 Å².